The molecule has 204 valence electrons. The van der Waals surface area contributed by atoms with E-state index in [1.165, 1.54) is 6.42 Å². The molecule has 0 aliphatic heterocycles. The van der Waals surface area contributed by atoms with Gasteiger partial charge in [0.2, 0.25) is 5.91 Å². The smallest absolute Gasteiger partial charge is 0.748 e. The molecule has 0 aromatic carbocycles. The Bertz CT molecular complexity index is 872. The van der Waals surface area contributed by atoms with E-state index in [0.29, 0.717) is 41.9 Å². The van der Waals surface area contributed by atoms with Gasteiger partial charge in [-0.25, -0.2) is 8.42 Å². The summed E-state index contributed by atoms with van der Waals surface area (Å²) in [6.45, 7) is 6.96. The van der Waals surface area contributed by atoms with Crippen LogP contribution in [0, 0.1) is 46.3 Å². The number of nitrogens with one attached hydrogen (secondary N) is 1. The van der Waals surface area contributed by atoms with Crippen molar-refractivity contribution in [2.24, 2.45) is 46.3 Å². The van der Waals surface area contributed by atoms with Crippen LogP contribution in [0.5, 0.6) is 0 Å². The Morgan fingerprint density at radius 2 is 1.69 bits per heavy atom. The van der Waals surface area contributed by atoms with Gasteiger partial charge in [0.1, 0.15) is 0 Å². The zero-order valence-electron chi connectivity index (χ0n) is 22.5. The second-order valence-corrected chi connectivity index (χ2v) is 14.1. The second-order valence-electron chi connectivity index (χ2n) is 12.6. The van der Waals surface area contributed by atoms with E-state index < -0.39 is 15.9 Å². The fraction of sp³-hybridized carbons (Fsp3) is 0.962. The van der Waals surface area contributed by atoms with E-state index in [2.05, 4.69) is 26.1 Å². The average Bonchev–Trinajstić information content (AvgIpc) is 3.09. The molecule has 0 saturated heterocycles. The van der Waals surface area contributed by atoms with Crippen LogP contribution < -0.4 is 34.9 Å². The van der Waals surface area contributed by atoms with E-state index in [4.69, 9.17) is 0 Å². The first-order chi connectivity index (χ1) is 15.8. The molecule has 0 spiro atoms. The Labute approximate surface area is 239 Å². The van der Waals surface area contributed by atoms with Crippen molar-refractivity contribution in [3.8, 4) is 0 Å². The van der Waals surface area contributed by atoms with Crippen molar-refractivity contribution in [3.05, 3.63) is 0 Å². The summed E-state index contributed by atoms with van der Waals surface area (Å²) in [6, 6.07) is 0. The van der Waals surface area contributed by atoms with Crippen LogP contribution in [0.4, 0.5) is 0 Å². The first-order valence-electron chi connectivity index (χ1n) is 13.4. The van der Waals surface area contributed by atoms with E-state index in [-0.39, 0.29) is 70.5 Å². The monoisotopic (exact) mass is 539 g/mol. The van der Waals surface area contributed by atoms with Crippen LogP contribution in [0.1, 0.15) is 85.0 Å². The Hall–Kier alpha value is 0.260. The van der Waals surface area contributed by atoms with Crippen LogP contribution in [0.3, 0.4) is 0 Å². The van der Waals surface area contributed by atoms with Crippen molar-refractivity contribution < 1.29 is 63.0 Å². The van der Waals surface area contributed by atoms with Crippen molar-refractivity contribution in [3.63, 3.8) is 0 Å². The fourth-order valence-electron chi connectivity index (χ4n) is 9.14. The zero-order chi connectivity index (χ0) is 24.9. The minimum Gasteiger partial charge on any atom is -0.748 e. The number of carbonyl (C=O) groups excluding carboxylic acids is 1. The molecule has 1 amide bonds. The van der Waals surface area contributed by atoms with Crippen molar-refractivity contribution in [1.29, 1.82) is 0 Å². The molecule has 10 heteroatoms. The number of rotatable bonds is 7. The Morgan fingerprint density at radius 3 is 2.36 bits per heavy atom. The summed E-state index contributed by atoms with van der Waals surface area (Å²) in [5, 5.41) is 24.2. The van der Waals surface area contributed by atoms with E-state index in [0.717, 1.165) is 51.4 Å². The molecule has 8 nitrogen and oxygen atoms in total. The number of amides is 1. The van der Waals surface area contributed by atoms with Gasteiger partial charge in [0.05, 0.1) is 28.1 Å². The first-order valence-corrected chi connectivity index (χ1v) is 15.0. The maximum atomic E-state index is 12.2. The van der Waals surface area contributed by atoms with E-state index in [9.17, 15) is 28.0 Å². The summed E-state index contributed by atoms with van der Waals surface area (Å²) < 4.78 is 32.2. The van der Waals surface area contributed by atoms with E-state index in [1.54, 1.807) is 0 Å². The predicted molar refractivity (Wildman–Crippen MR) is 132 cm³/mol. The van der Waals surface area contributed by atoms with Crippen molar-refractivity contribution in [2.75, 3.05) is 12.3 Å². The van der Waals surface area contributed by atoms with Gasteiger partial charge in [-0.1, -0.05) is 20.8 Å². The summed E-state index contributed by atoms with van der Waals surface area (Å²) in [7, 11) is -4.31. The summed E-state index contributed by atoms with van der Waals surface area (Å²) >= 11 is 0. The predicted octanol–water partition coefficient (Wildman–Crippen LogP) is -0.766. The molecule has 0 aromatic heterocycles. The largest absolute Gasteiger partial charge is 1.00 e. The third-order valence-electron chi connectivity index (χ3n) is 10.9. The van der Waals surface area contributed by atoms with Crippen molar-refractivity contribution in [1.82, 2.24) is 5.32 Å². The third-order valence-corrected chi connectivity index (χ3v) is 11.6. The molecule has 0 bridgehead atoms. The molecule has 4 aliphatic carbocycles. The molecule has 10 atom stereocenters. The zero-order valence-corrected chi connectivity index (χ0v) is 25.4. The summed E-state index contributed by atoms with van der Waals surface area (Å²) in [4.78, 5) is 12.2. The summed E-state index contributed by atoms with van der Waals surface area (Å²) in [5.74, 6) is 1.92. The number of hydrogen-bond acceptors (Lipinski definition) is 6. The molecule has 0 heterocycles. The SMILES string of the molecule is C[C@H](CCC(=O)NCCS(=O)(=O)[O-])[C@H]1CC[C@H]2[C@@H]3[C@@H](O)C[C@@H]4C[C@H](O)CC[C@]4(C)[C@H]3CC[C@]12C.O.[Na+]. The van der Waals surface area contributed by atoms with Crippen LogP contribution in [-0.2, 0) is 14.9 Å². The number of aliphatic hydroxyl groups excluding tert-OH is 2. The molecule has 5 N–H and O–H groups in total. The molecular formula is C26H46NNaO7S. The Morgan fingerprint density at radius 1 is 1.06 bits per heavy atom. The van der Waals surface area contributed by atoms with Crippen LogP contribution in [0.2, 0.25) is 0 Å². The first kappa shape index (κ1) is 32.5. The maximum absolute atomic E-state index is 12.2. The minimum atomic E-state index is -4.31. The minimum absolute atomic E-state index is 0. The molecule has 4 saturated carbocycles. The topological polar surface area (TPSA) is 158 Å². The van der Waals surface area contributed by atoms with Crippen LogP contribution in [0.15, 0.2) is 0 Å². The second kappa shape index (κ2) is 12.2. The molecule has 0 radical (unpaired) electrons. The molecule has 4 aliphatic rings. The summed E-state index contributed by atoms with van der Waals surface area (Å²) in [6.07, 6.45) is 8.78. The van der Waals surface area contributed by atoms with E-state index in [1.807, 2.05) is 0 Å². The normalized spacial score (nSPS) is 42.6. The molecule has 36 heavy (non-hydrogen) atoms. The standard InChI is InChI=1S/C26H45NO6S.Na.H2O/c1-16(4-7-23(30)27-12-13-34(31,32)33)19-5-6-20-24-21(9-11-26(19,20)3)25(2)10-8-18(28)14-17(25)15-22(24)29;;/h16-22,24,28-29H,4-15H2,1-3H3,(H,27,30)(H,31,32,33);;1H2/q;+1;/p-1/t16-,17+,18-,19-,20+,21+,22+,24+,25+,26-;;/m1../s1. The van der Waals surface area contributed by atoms with Gasteiger partial charge in [-0.05, 0) is 104 Å². The van der Waals surface area contributed by atoms with Crippen LogP contribution >= 0.6 is 0 Å². The quantitative estimate of drug-likeness (QED) is 0.285. The van der Waals surface area contributed by atoms with Gasteiger partial charge < -0.3 is 25.6 Å². The maximum Gasteiger partial charge on any atom is 1.00 e. The average molecular weight is 540 g/mol. The third kappa shape index (κ3) is 6.35. The summed E-state index contributed by atoms with van der Waals surface area (Å²) in [5.41, 5.74) is 0.399. The van der Waals surface area contributed by atoms with Gasteiger partial charge in [-0.3, -0.25) is 4.79 Å². The number of carbonyl (C=O) groups is 1. The van der Waals surface area contributed by atoms with E-state index >= 15 is 0 Å². The van der Waals surface area contributed by atoms with Gasteiger partial charge >= 0.3 is 29.6 Å². The van der Waals surface area contributed by atoms with Gasteiger partial charge in [-0.2, -0.15) is 0 Å². The Balaban J connectivity index is 0.00000228. The van der Waals surface area contributed by atoms with Crippen LogP contribution in [0.25, 0.3) is 0 Å². The number of fused-ring (bicyclic) bond motifs is 5. The van der Waals surface area contributed by atoms with Gasteiger partial charge in [0, 0.05) is 13.0 Å². The van der Waals surface area contributed by atoms with Gasteiger partial charge in [0.25, 0.3) is 0 Å². The van der Waals surface area contributed by atoms with Gasteiger partial charge in [-0.15, -0.1) is 0 Å². The number of hydrogen-bond donors (Lipinski definition) is 3. The number of aliphatic hydroxyl groups is 2. The molecule has 0 unspecified atom stereocenters. The Kier molecular flexibility index (Phi) is 11.0. The molecule has 4 fully saturated rings. The molecule has 4 rings (SSSR count). The molecule has 0 aromatic rings. The van der Waals surface area contributed by atoms with Gasteiger partial charge in [0.15, 0.2) is 0 Å². The molecular weight excluding hydrogens is 493 g/mol. The van der Waals surface area contributed by atoms with Crippen LogP contribution in [-0.4, -0.2) is 59.1 Å². The fourth-order valence-corrected chi connectivity index (χ4v) is 9.49. The van der Waals surface area contributed by atoms with Crippen molar-refractivity contribution in [2.45, 2.75) is 97.2 Å². The van der Waals surface area contributed by atoms with Crippen molar-refractivity contribution >= 4 is 16.0 Å².